The van der Waals surface area contributed by atoms with E-state index >= 15 is 0 Å². The number of nitrogens with one attached hydrogen (secondary N) is 1. The first kappa shape index (κ1) is 20.7. The van der Waals surface area contributed by atoms with Crippen LogP contribution in [-0.4, -0.2) is 25.8 Å². The van der Waals surface area contributed by atoms with Gasteiger partial charge in [-0.05, 0) is 42.8 Å². The van der Waals surface area contributed by atoms with Gasteiger partial charge in [0.15, 0.2) is 5.69 Å². The summed E-state index contributed by atoms with van der Waals surface area (Å²) in [4.78, 5) is 23.1. The number of nitro benzene ring substituents is 1. The quantitative estimate of drug-likeness (QED) is 0.348. The number of carbonyl (C=O) groups is 1. The van der Waals surface area contributed by atoms with Gasteiger partial charge >= 0.3 is 0 Å². The van der Waals surface area contributed by atoms with E-state index in [1.165, 1.54) is 16.8 Å². The Morgan fingerprint density at radius 2 is 1.75 bits per heavy atom. The third-order valence-corrected chi connectivity index (χ3v) is 4.75. The molecule has 0 aliphatic rings. The smallest absolute Gasteiger partial charge is 0.274 e. The molecule has 9 heteroatoms. The lowest BCUT2D eigenvalue weighted by atomic mass is 10.2. The molecule has 0 unspecified atom stereocenters. The maximum absolute atomic E-state index is 12.6. The molecule has 3 aromatic carbocycles. The van der Waals surface area contributed by atoms with Gasteiger partial charge in [0.25, 0.3) is 11.6 Å². The van der Waals surface area contributed by atoms with E-state index < -0.39 is 4.92 Å². The number of nitro groups is 1. The molecule has 0 radical (unpaired) electrons. The zero-order chi connectivity index (χ0) is 22.5. The lowest BCUT2D eigenvalue weighted by Crippen LogP contribution is -2.24. The van der Waals surface area contributed by atoms with E-state index in [-0.39, 0.29) is 17.3 Å². The zero-order valence-corrected chi connectivity index (χ0v) is 17.1. The molecule has 0 atom stereocenters. The Morgan fingerprint density at radius 3 is 2.47 bits per heavy atom. The number of rotatable bonds is 7. The first-order valence-electron chi connectivity index (χ1n) is 9.78. The van der Waals surface area contributed by atoms with Crippen molar-refractivity contribution in [2.75, 3.05) is 0 Å². The minimum Gasteiger partial charge on any atom is -0.457 e. The summed E-state index contributed by atoms with van der Waals surface area (Å²) in [5.74, 6) is 1.06. The van der Waals surface area contributed by atoms with Crippen molar-refractivity contribution in [1.82, 2.24) is 20.3 Å². The lowest BCUT2D eigenvalue weighted by Gasteiger charge is -2.08. The van der Waals surface area contributed by atoms with Crippen LogP contribution >= 0.6 is 0 Å². The van der Waals surface area contributed by atoms with Gasteiger partial charge in [0.1, 0.15) is 11.5 Å². The molecule has 0 aliphatic carbocycles. The number of hydrogen-bond acceptors (Lipinski definition) is 6. The summed E-state index contributed by atoms with van der Waals surface area (Å²) < 4.78 is 7.16. The highest BCUT2D eigenvalue weighted by Crippen LogP contribution is 2.21. The molecule has 0 bridgehead atoms. The van der Waals surface area contributed by atoms with Crippen molar-refractivity contribution in [3.05, 3.63) is 106 Å². The fraction of sp³-hybridized carbons (Fsp3) is 0.0870. The van der Waals surface area contributed by atoms with E-state index in [2.05, 4.69) is 15.6 Å². The van der Waals surface area contributed by atoms with Gasteiger partial charge in [-0.1, -0.05) is 41.6 Å². The number of nitrogens with zero attached hydrogens (tertiary/aromatic N) is 4. The van der Waals surface area contributed by atoms with Crippen LogP contribution in [0.15, 0.2) is 78.9 Å². The third kappa shape index (κ3) is 4.62. The molecule has 1 aromatic heterocycles. The van der Waals surface area contributed by atoms with E-state index in [1.54, 1.807) is 19.1 Å². The molecule has 160 valence electrons. The van der Waals surface area contributed by atoms with Gasteiger partial charge in [-0.3, -0.25) is 14.9 Å². The number of ether oxygens (including phenoxy) is 1. The largest absolute Gasteiger partial charge is 0.457 e. The van der Waals surface area contributed by atoms with Gasteiger partial charge in [-0.25, -0.2) is 4.68 Å². The molecule has 0 saturated heterocycles. The first-order chi connectivity index (χ1) is 15.5. The van der Waals surface area contributed by atoms with Crippen LogP contribution in [-0.2, 0) is 6.54 Å². The molecular weight excluding hydrogens is 410 g/mol. The minimum absolute atomic E-state index is 0.0666. The average molecular weight is 429 g/mol. The van der Waals surface area contributed by atoms with Crippen LogP contribution in [0.1, 0.15) is 21.7 Å². The fourth-order valence-corrected chi connectivity index (χ4v) is 3.09. The summed E-state index contributed by atoms with van der Waals surface area (Å²) in [6.07, 6.45) is 0. The van der Waals surface area contributed by atoms with Crippen molar-refractivity contribution in [2.24, 2.45) is 0 Å². The van der Waals surface area contributed by atoms with Gasteiger partial charge < -0.3 is 10.1 Å². The predicted octanol–water partition coefficient (Wildman–Crippen LogP) is 4.21. The number of hydrogen-bond donors (Lipinski definition) is 1. The minimum atomic E-state index is -0.487. The van der Waals surface area contributed by atoms with Crippen LogP contribution < -0.4 is 10.1 Å². The molecule has 1 amide bonds. The number of aromatic nitrogens is 3. The second kappa shape index (κ2) is 9.09. The molecule has 9 nitrogen and oxygen atoms in total. The molecule has 0 fully saturated rings. The number of amides is 1. The monoisotopic (exact) mass is 429 g/mol. The van der Waals surface area contributed by atoms with Crippen molar-refractivity contribution in [3.8, 4) is 17.2 Å². The van der Waals surface area contributed by atoms with Crippen molar-refractivity contribution >= 4 is 11.6 Å². The topological polar surface area (TPSA) is 112 Å². The molecule has 0 spiro atoms. The van der Waals surface area contributed by atoms with E-state index in [1.807, 2.05) is 54.6 Å². The van der Waals surface area contributed by atoms with E-state index in [0.717, 1.165) is 11.3 Å². The Bertz CT molecular complexity index is 1250. The van der Waals surface area contributed by atoms with Crippen LogP contribution in [0.4, 0.5) is 5.69 Å². The fourth-order valence-electron chi connectivity index (χ4n) is 3.09. The molecule has 0 aliphatic heterocycles. The Hall–Kier alpha value is -4.53. The molecule has 1 N–H and O–H groups in total. The standard InChI is InChI=1S/C23H19N5O4/c1-16-22(25-26-27(16)18-6-5-7-19(14-18)28(30)31)23(29)24-15-17-10-12-21(13-11-17)32-20-8-3-2-4-9-20/h2-14H,15H2,1H3,(H,24,29). The SMILES string of the molecule is Cc1c(C(=O)NCc2ccc(Oc3ccccc3)cc2)nnn1-c1cccc([N+](=O)[O-])c1. The summed E-state index contributed by atoms with van der Waals surface area (Å²) >= 11 is 0. The Kier molecular flexibility index (Phi) is 5.89. The second-order valence-corrected chi connectivity index (χ2v) is 6.95. The molecule has 1 heterocycles. The zero-order valence-electron chi connectivity index (χ0n) is 17.1. The van der Waals surface area contributed by atoms with Crippen LogP contribution in [0.25, 0.3) is 5.69 Å². The van der Waals surface area contributed by atoms with E-state index in [9.17, 15) is 14.9 Å². The summed E-state index contributed by atoms with van der Waals surface area (Å²) in [5.41, 5.74) is 1.91. The van der Waals surface area contributed by atoms with Gasteiger partial charge in [-0.15, -0.1) is 5.10 Å². The normalized spacial score (nSPS) is 10.5. The highest BCUT2D eigenvalue weighted by atomic mass is 16.6. The maximum atomic E-state index is 12.6. The Morgan fingerprint density at radius 1 is 1.03 bits per heavy atom. The Labute approximate surface area is 183 Å². The number of non-ortho nitro benzene ring substituents is 1. The lowest BCUT2D eigenvalue weighted by molar-refractivity contribution is -0.384. The molecule has 0 saturated carbocycles. The van der Waals surface area contributed by atoms with Gasteiger partial charge in [0.05, 0.1) is 16.3 Å². The average Bonchev–Trinajstić information content (AvgIpc) is 3.20. The summed E-state index contributed by atoms with van der Waals surface area (Å²) in [5, 5.41) is 21.8. The van der Waals surface area contributed by atoms with Crippen molar-refractivity contribution < 1.29 is 14.5 Å². The first-order valence-corrected chi connectivity index (χ1v) is 9.78. The predicted molar refractivity (Wildman–Crippen MR) is 117 cm³/mol. The third-order valence-electron chi connectivity index (χ3n) is 4.75. The summed E-state index contributed by atoms with van der Waals surface area (Å²) in [7, 11) is 0. The summed E-state index contributed by atoms with van der Waals surface area (Å²) in [6.45, 7) is 1.98. The summed E-state index contributed by atoms with van der Waals surface area (Å²) in [6, 6.07) is 22.8. The highest BCUT2D eigenvalue weighted by Gasteiger charge is 2.18. The van der Waals surface area contributed by atoms with Crippen LogP contribution in [0.5, 0.6) is 11.5 Å². The van der Waals surface area contributed by atoms with Crippen molar-refractivity contribution in [1.29, 1.82) is 0 Å². The van der Waals surface area contributed by atoms with E-state index in [4.69, 9.17) is 4.74 Å². The van der Waals surface area contributed by atoms with Gasteiger partial charge in [-0.2, -0.15) is 0 Å². The molecule has 4 aromatic rings. The van der Waals surface area contributed by atoms with Gasteiger partial charge in [0, 0.05) is 18.7 Å². The number of para-hydroxylation sites is 1. The van der Waals surface area contributed by atoms with Crippen molar-refractivity contribution in [3.63, 3.8) is 0 Å². The van der Waals surface area contributed by atoms with Crippen molar-refractivity contribution in [2.45, 2.75) is 13.5 Å². The molecule has 4 rings (SSSR count). The number of benzene rings is 3. The molecular formula is C23H19N5O4. The highest BCUT2D eigenvalue weighted by molar-refractivity contribution is 5.93. The maximum Gasteiger partial charge on any atom is 0.274 e. The van der Waals surface area contributed by atoms with Crippen LogP contribution in [0, 0.1) is 17.0 Å². The Balaban J connectivity index is 1.40. The van der Waals surface area contributed by atoms with Gasteiger partial charge in [0.2, 0.25) is 0 Å². The number of carbonyl (C=O) groups excluding carboxylic acids is 1. The van der Waals surface area contributed by atoms with Crippen LogP contribution in [0.3, 0.4) is 0 Å². The van der Waals surface area contributed by atoms with E-state index in [0.29, 0.717) is 23.7 Å². The van der Waals surface area contributed by atoms with Crippen LogP contribution in [0.2, 0.25) is 0 Å². The second-order valence-electron chi connectivity index (χ2n) is 6.95. The molecule has 32 heavy (non-hydrogen) atoms.